The Balaban J connectivity index is 1.90. The smallest absolute Gasteiger partial charge is 0.197 e. The lowest BCUT2D eigenvalue weighted by atomic mass is 10.0. The molecule has 2 heterocycles. The van der Waals surface area contributed by atoms with Crippen LogP contribution in [0, 0.1) is 0 Å². The minimum atomic E-state index is -0.0260. The number of para-hydroxylation sites is 1. The van der Waals surface area contributed by atoms with Crippen molar-refractivity contribution in [1.82, 2.24) is 9.97 Å². The molecular weight excluding hydrogens is 386 g/mol. The van der Waals surface area contributed by atoms with E-state index < -0.39 is 0 Å². The molecule has 5 nitrogen and oxygen atoms in total. The Kier molecular flexibility index (Phi) is 4.54. The Morgan fingerprint density at radius 2 is 1.35 bits per heavy atom. The van der Waals surface area contributed by atoms with Crippen LogP contribution < -0.4 is 15.8 Å². The van der Waals surface area contributed by atoms with Crippen LogP contribution in [0.15, 0.2) is 58.1 Å². The molecule has 2 aromatic heterocycles. The Hall–Kier alpha value is -3.60. The van der Waals surface area contributed by atoms with Gasteiger partial charge in [-0.25, -0.2) is 0 Å². The van der Waals surface area contributed by atoms with Crippen LogP contribution in [0.1, 0.15) is 26.3 Å². The lowest BCUT2D eigenvalue weighted by Crippen LogP contribution is -2.22. The molecule has 0 bridgehead atoms. The van der Waals surface area contributed by atoms with Crippen LogP contribution >= 0.6 is 0 Å². The monoisotopic (exact) mass is 411 g/mol. The number of hydrogen-bond donors (Lipinski definition) is 2. The number of aromatic amines is 2. The highest BCUT2D eigenvalue weighted by Crippen LogP contribution is 2.27. The number of fused-ring (bicyclic) bond motifs is 4. The Bertz CT molecular complexity index is 1590. The fraction of sp³-hybridized carbons (Fsp3) is 0.231. The van der Waals surface area contributed by atoms with Crippen LogP contribution in [-0.2, 0) is 6.42 Å². The first-order chi connectivity index (χ1) is 15.0. The van der Waals surface area contributed by atoms with Gasteiger partial charge in [-0.2, -0.15) is 0 Å². The number of anilines is 1. The zero-order chi connectivity index (χ0) is 21.7. The average Bonchev–Trinajstić information content (AvgIpc) is 2.80. The van der Waals surface area contributed by atoms with Gasteiger partial charge in [-0.15, -0.1) is 0 Å². The van der Waals surface area contributed by atoms with Gasteiger partial charge in [0.1, 0.15) is 0 Å². The van der Waals surface area contributed by atoms with E-state index in [1.54, 1.807) is 0 Å². The van der Waals surface area contributed by atoms with E-state index in [1.165, 1.54) is 0 Å². The van der Waals surface area contributed by atoms with Crippen molar-refractivity contribution in [2.75, 3.05) is 18.0 Å². The summed E-state index contributed by atoms with van der Waals surface area (Å²) in [6.45, 7) is 7.97. The zero-order valence-corrected chi connectivity index (χ0v) is 18.0. The zero-order valence-electron chi connectivity index (χ0n) is 18.0. The maximum absolute atomic E-state index is 13.4. The van der Waals surface area contributed by atoms with Gasteiger partial charge in [0, 0.05) is 40.2 Å². The second-order valence-corrected chi connectivity index (χ2v) is 7.96. The van der Waals surface area contributed by atoms with E-state index in [-0.39, 0.29) is 10.9 Å². The van der Waals surface area contributed by atoms with E-state index in [0.29, 0.717) is 32.6 Å². The third kappa shape index (κ3) is 2.92. The van der Waals surface area contributed by atoms with E-state index >= 15 is 0 Å². The fourth-order valence-corrected chi connectivity index (χ4v) is 4.55. The van der Waals surface area contributed by atoms with Gasteiger partial charge >= 0.3 is 0 Å². The summed E-state index contributed by atoms with van der Waals surface area (Å²) in [5.41, 5.74) is 5.05. The first-order valence-electron chi connectivity index (χ1n) is 10.9. The molecule has 0 spiro atoms. The van der Waals surface area contributed by atoms with Crippen molar-refractivity contribution in [2.24, 2.45) is 0 Å². The molecule has 5 heteroatoms. The molecule has 0 saturated carbocycles. The standard InChI is InChI=1S/C26H25N3O2/c1-4-15-10-11-20-17(12-15)26(31)18-14-22-19(13-21(18)27-20)25(30)16-8-7-9-23(24(16)28-22)29(5-2)6-3/h7-14H,4-6H2,1-3H3,(H,27,31)(H,28,30). The first kappa shape index (κ1) is 19.4. The van der Waals surface area contributed by atoms with E-state index in [0.717, 1.165) is 41.8 Å². The number of pyridine rings is 2. The van der Waals surface area contributed by atoms with Gasteiger partial charge in [0.25, 0.3) is 0 Å². The maximum atomic E-state index is 13.4. The van der Waals surface area contributed by atoms with Gasteiger partial charge in [0.05, 0.1) is 22.2 Å². The number of H-pyrrole nitrogens is 2. The number of rotatable bonds is 4. The van der Waals surface area contributed by atoms with Crippen molar-refractivity contribution >= 4 is 49.3 Å². The van der Waals surface area contributed by atoms with Crippen LogP contribution in [0.25, 0.3) is 43.6 Å². The van der Waals surface area contributed by atoms with Gasteiger partial charge in [-0.05, 0) is 62.2 Å². The number of nitrogens with one attached hydrogen (secondary N) is 2. The quantitative estimate of drug-likeness (QED) is 0.405. The molecule has 0 aliphatic heterocycles. The Morgan fingerprint density at radius 1 is 0.710 bits per heavy atom. The van der Waals surface area contributed by atoms with Gasteiger partial charge in [-0.3, -0.25) is 9.59 Å². The normalized spacial score (nSPS) is 11.7. The molecular formula is C26H25N3O2. The van der Waals surface area contributed by atoms with Gasteiger partial charge in [-0.1, -0.05) is 19.1 Å². The molecule has 0 saturated heterocycles. The number of aromatic nitrogens is 2. The summed E-state index contributed by atoms with van der Waals surface area (Å²) < 4.78 is 0. The summed E-state index contributed by atoms with van der Waals surface area (Å²) >= 11 is 0. The molecule has 0 aliphatic rings. The first-order valence-corrected chi connectivity index (χ1v) is 10.9. The van der Waals surface area contributed by atoms with E-state index in [2.05, 4.69) is 35.6 Å². The lowest BCUT2D eigenvalue weighted by Gasteiger charge is -2.22. The molecule has 0 unspecified atom stereocenters. The molecule has 31 heavy (non-hydrogen) atoms. The predicted molar refractivity (Wildman–Crippen MR) is 131 cm³/mol. The van der Waals surface area contributed by atoms with Crippen LogP contribution in [-0.4, -0.2) is 23.1 Å². The molecule has 5 aromatic rings. The summed E-state index contributed by atoms with van der Waals surface area (Å²) in [6, 6.07) is 15.4. The highest BCUT2D eigenvalue weighted by molar-refractivity contribution is 6.04. The van der Waals surface area contributed by atoms with Crippen LogP contribution in [0.4, 0.5) is 5.69 Å². The van der Waals surface area contributed by atoms with Crippen molar-refractivity contribution in [3.63, 3.8) is 0 Å². The molecule has 5 rings (SSSR count). The number of nitrogens with zero attached hydrogens (tertiary/aromatic N) is 1. The second-order valence-electron chi connectivity index (χ2n) is 7.96. The van der Waals surface area contributed by atoms with Crippen molar-refractivity contribution in [1.29, 1.82) is 0 Å². The summed E-state index contributed by atoms with van der Waals surface area (Å²) in [5.74, 6) is 0. The van der Waals surface area contributed by atoms with Crippen molar-refractivity contribution in [2.45, 2.75) is 27.2 Å². The number of aryl methyl sites for hydroxylation is 1. The van der Waals surface area contributed by atoms with Crippen LogP contribution in [0.5, 0.6) is 0 Å². The average molecular weight is 412 g/mol. The summed E-state index contributed by atoms with van der Waals surface area (Å²) in [5, 5.41) is 2.51. The van der Waals surface area contributed by atoms with Gasteiger partial charge in [0.15, 0.2) is 10.9 Å². The fourth-order valence-electron chi connectivity index (χ4n) is 4.55. The second kappa shape index (κ2) is 7.27. The SMILES string of the molecule is CCc1ccc2[nH]c3cc4c(=O)c5cccc(N(CC)CC)c5[nH]c4cc3c(=O)c2c1. The summed E-state index contributed by atoms with van der Waals surface area (Å²) in [4.78, 5) is 35.7. The summed E-state index contributed by atoms with van der Waals surface area (Å²) in [7, 11) is 0. The molecule has 0 aliphatic carbocycles. The minimum absolute atomic E-state index is 0.0149. The summed E-state index contributed by atoms with van der Waals surface area (Å²) in [6.07, 6.45) is 0.874. The molecule has 0 radical (unpaired) electrons. The largest absolute Gasteiger partial charge is 0.370 e. The van der Waals surface area contributed by atoms with Crippen molar-refractivity contribution in [3.8, 4) is 0 Å². The maximum Gasteiger partial charge on any atom is 0.197 e. The van der Waals surface area contributed by atoms with Gasteiger partial charge < -0.3 is 14.9 Å². The predicted octanol–water partition coefficient (Wildman–Crippen LogP) is 5.08. The van der Waals surface area contributed by atoms with Crippen LogP contribution in [0.2, 0.25) is 0 Å². The van der Waals surface area contributed by atoms with Crippen molar-refractivity contribution < 1.29 is 0 Å². The Morgan fingerprint density at radius 3 is 2.03 bits per heavy atom. The number of hydrogen-bond acceptors (Lipinski definition) is 3. The molecule has 156 valence electrons. The lowest BCUT2D eigenvalue weighted by molar-refractivity contribution is 0.869. The van der Waals surface area contributed by atoms with Crippen molar-refractivity contribution in [3.05, 3.63) is 74.5 Å². The van der Waals surface area contributed by atoms with Crippen LogP contribution in [0.3, 0.4) is 0 Å². The Labute approximate surface area is 179 Å². The molecule has 3 aromatic carbocycles. The molecule has 2 N–H and O–H groups in total. The highest BCUT2D eigenvalue weighted by Gasteiger charge is 2.14. The third-order valence-electron chi connectivity index (χ3n) is 6.30. The topological polar surface area (TPSA) is 69.0 Å². The minimum Gasteiger partial charge on any atom is -0.370 e. The van der Waals surface area contributed by atoms with E-state index in [4.69, 9.17) is 0 Å². The molecule has 0 atom stereocenters. The number of benzene rings is 3. The molecule has 0 fully saturated rings. The third-order valence-corrected chi connectivity index (χ3v) is 6.30. The van der Waals surface area contributed by atoms with E-state index in [9.17, 15) is 9.59 Å². The highest BCUT2D eigenvalue weighted by atomic mass is 16.1. The van der Waals surface area contributed by atoms with Gasteiger partial charge in [0.2, 0.25) is 0 Å². The van der Waals surface area contributed by atoms with E-state index in [1.807, 2.05) is 48.5 Å². The molecule has 0 amide bonds.